The normalized spacial score (nSPS) is 10.4. The third kappa shape index (κ3) is 5.39. The molecule has 0 aromatic heterocycles. The minimum absolute atomic E-state index is 0.229. The monoisotopic (exact) mass is 507 g/mol. The molecule has 3 aromatic rings. The lowest BCUT2D eigenvalue weighted by molar-refractivity contribution is 0.102. The summed E-state index contributed by atoms with van der Waals surface area (Å²) >= 11 is 8.05. The van der Waals surface area contributed by atoms with Gasteiger partial charge in [-0.3, -0.25) is 4.79 Å². The number of anilines is 1. The average molecular weight is 508 g/mol. The number of carbonyl (C=O) groups excluding carboxylic acids is 1. The minimum atomic E-state index is -0.229. The molecule has 0 saturated heterocycles. The van der Waals surface area contributed by atoms with Gasteiger partial charge in [0.25, 0.3) is 5.91 Å². The first-order chi connectivity index (χ1) is 13.6. The van der Waals surface area contributed by atoms with E-state index in [1.165, 1.54) is 0 Å². The van der Waals surface area contributed by atoms with E-state index < -0.39 is 0 Å². The highest BCUT2D eigenvalue weighted by atomic mass is 127. The van der Waals surface area contributed by atoms with Crippen LogP contribution in [-0.4, -0.2) is 12.5 Å². The maximum atomic E-state index is 12.7. The van der Waals surface area contributed by atoms with Gasteiger partial charge in [-0.1, -0.05) is 41.9 Å². The Morgan fingerprint density at radius 2 is 1.75 bits per heavy atom. The van der Waals surface area contributed by atoms with E-state index in [-0.39, 0.29) is 5.91 Å². The molecule has 3 rings (SSSR count). The van der Waals surface area contributed by atoms with Crippen LogP contribution in [0.1, 0.15) is 22.8 Å². The summed E-state index contributed by atoms with van der Waals surface area (Å²) in [5.41, 5.74) is 2.20. The molecule has 1 N–H and O–H groups in total. The smallest absolute Gasteiger partial charge is 0.255 e. The van der Waals surface area contributed by atoms with Crippen molar-refractivity contribution in [2.75, 3.05) is 11.9 Å². The molecule has 6 heteroatoms. The van der Waals surface area contributed by atoms with Gasteiger partial charge in [-0.25, -0.2) is 0 Å². The van der Waals surface area contributed by atoms with Crippen molar-refractivity contribution >= 4 is 45.8 Å². The summed E-state index contributed by atoms with van der Waals surface area (Å²) in [6.45, 7) is 2.81. The minimum Gasteiger partial charge on any atom is -0.489 e. The lowest BCUT2D eigenvalue weighted by Gasteiger charge is -2.15. The molecule has 4 nitrogen and oxygen atoms in total. The Kier molecular flexibility index (Phi) is 7.17. The van der Waals surface area contributed by atoms with Crippen LogP contribution in [0.3, 0.4) is 0 Å². The van der Waals surface area contributed by atoms with E-state index in [1.54, 1.807) is 36.4 Å². The van der Waals surface area contributed by atoms with Crippen molar-refractivity contribution in [2.45, 2.75) is 13.5 Å². The Morgan fingerprint density at radius 1 is 1.04 bits per heavy atom. The van der Waals surface area contributed by atoms with Gasteiger partial charge in [0.1, 0.15) is 6.61 Å². The first kappa shape index (κ1) is 20.5. The largest absolute Gasteiger partial charge is 0.489 e. The Bertz CT molecular complexity index is 946. The number of amides is 1. The lowest BCUT2D eigenvalue weighted by Crippen LogP contribution is -2.13. The van der Waals surface area contributed by atoms with Gasteiger partial charge >= 0.3 is 0 Å². The second-order valence-corrected chi connectivity index (χ2v) is 7.55. The second-order valence-electron chi connectivity index (χ2n) is 5.95. The van der Waals surface area contributed by atoms with Gasteiger partial charge in [-0.05, 0) is 71.5 Å². The van der Waals surface area contributed by atoms with E-state index in [4.69, 9.17) is 21.1 Å². The predicted octanol–water partition coefficient (Wildman–Crippen LogP) is 6.17. The molecule has 0 aliphatic heterocycles. The van der Waals surface area contributed by atoms with Crippen molar-refractivity contribution in [1.29, 1.82) is 0 Å². The van der Waals surface area contributed by atoms with Gasteiger partial charge in [0, 0.05) is 16.3 Å². The summed E-state index contributed by atoms with van der Waals surface area (Å²) in [5, 5.41) is 3.48. The molecule has 3 aromatic carbocycles. The van der Waals surface area contributed by atoms with Crippen molar-refractivity contribution in [3.63, 3.8) is 0 Å². The van der Waals surface area contributed by atoms with Crippen LogP contribution in [0.2, 0.25) is 5.02 Å². The Morgan fingerprint density at radius 3 is 2.43 bits per heavy atom. The summed E-state index contributed by atoms with van der Waals surface area (Å²) in [7, 11) is 0. The van der Waals surface area contributed by atoms with Crippen molar-refractivity contribution in [2.24, 2.45) is 0 Å². The third-order valence-electron chi connectivity index (χ3n) is 3.90. The number of hydrogen-bond acceptors (Lipinski definition) is 3. The Labute approximate surface area is 183 Å². The fourth-order valence-corrected chi connectivity index (χ4v) is 3.45. The number of nitrogens with one attached hydrogen (secondary N) is 1. The highest BCUT2D eigenvalue weighted by Crippen LogP contribution is 2.35. The van der Waals surface area contributed by atoms with E-state index >= 15 is 0 Å². The number of hydrogen-bond donors (Lipinski definition) is 1. The van der Waals surface area contributed by atoms with Crippen LogP contribution in [-0.2, 0) is 6.61 Å². The average Bonchev–Trinajstić information content (AvgIpc) is 2.70. The number of halogens is 2. The van der Waals surface area contributed by atoms with Gasteiger partial charge in [0.2, 0.25) is 0 Å². The van der Waals surface area contributed by atoms with E-state index in [0.717, 1.165) is 9.13 Å². The van der Waals surface area contributed by atoms with Crippen molar-refractivity contribution in [3.05, 3.63) is 86.4 Å². The molecule has 0 bridgehead atoms. The maximum absolute atomic E-state index is 12.7. The number of carbonyl (C=O) groups is 1. The molecule has 0 spiro atoms. The molecule has 0 unspecified atom stereocenters. The van der Waals surface area contributed by atoms with E-state index in [2.05, 4.69) is 27.9 Å². The van der Waals surface area contributed by atoms with E-state index in [9.17, 15) is 4.79 Å². The van der Waals surface area contributed by atoms with Gasteiger partial charge < -0.3 is 14.8 Å². The zero-order valence-electron chi connectivity index (χ0n) is 15.2. The van der Waals surface area contributed by atoms with Crippen molar-refractivity contribution in [1.82, 2.24) is 0 Å². The molecule has 0 aliphatic rings. The Hall–Kier alpha value is -2.25. The van der Waals surface area contributed by atoms with Crippen LogP contribution in [0.25, 0.3) is 0 Å². The lowest BCUT2D eigenvalue weighted by atomic mass is 10.1. The second kappa shape index (κ2) is 9.80. The zero-order valence-corrected chi connectivity index (χ0v) is 18.2. The summed E-state index contributed by atoms with van der Waals surface area (Å²) in [6.07, 6.45) is 0. The van der Waals surface area contributed by atoms with E-state index in [0.29, 0.717) is 41.0 Å². The fraction of sp³-hybridized carbons (Fsp3) is 0.136. The van der Waals surface area contributed by atoms with Gasteiger partial charge in [0.05, 0.1) is 10.2 Å². The topological polar surface area (TPSA) is 47.6 Å². The van der Waals surface area contributed by atoms with Gasteiger partial charge in [-0.15, -0.1) is 0 Å². The summed E-state index contributed by atoms with van der Waals surface area (Å²) in [6, 6.07) is 20.3. The van der Waals surface area contributed by atoms with Crippen LogP contribution in [0.15, 0.2) is 66.7 Å². The number of benzene rings is 3. The third-order valence-corrected chi connectivity index (χ3v) is 4.95. The molecule has 0 fully saturated rings. The molecule has 0 aliphatic carbocycles. The predicted molar refractivity (Wildman–Crippen MR) is 121 cm³/mol. The summed E-state index contributed by atoms with van der Waals surface area (Å²) in [5.74, 6) is 0.953. The highest BCUT2D eigenvalue weighted by Gasteiger charge is 2.16. The first-order valence-electron chi connectivity index (χ1n) is 8.77. The van der Waals surface area contributed by atoms with Gasteiger partial charge in [0.15, 0.2) is 11.5 Å². The standard InChI is InChI=1S/C22H19ClINO3/c1-2-27-21-19(24)12-16(22(26)25-18-10-8-17(23)9-11-18)13-20(21)28-14-15-6-4-3-5-7-15/h3-13H,2,14H2,1H3,(H,25,26). The number of ether oxygens (including phenoxy) is 2. The van der Waals surface area contributed by atoms with Crippen LogP contribution in [0, 0.1) is 3.57 Å². The van der Waals surface area contributed by atoms with Crippen molar-refractivity contribution in [3.8, 4) is 11.5 Å². The van der Waals surface area contributed by atoms with Gasteiger partial charge in [-0.2, -0.15) is 0 Å². The first-order valence-corrected chi connectivity index (χ1v) is 10.2. The molecule has 0 saturated carbocycles. The molecule has 1 amide bonds. The Balaban J connectivity index is 1.83. The van der Waals surface area contributed by atoms with Crippen LogP contribution < -0.4 is 14.8 Å². The van der Waals surface area contributed by atoms with Crippen molar-refractivity contribution < 1.29 is 14.3 Å². The van der Waals surface area contributed by atoms with Crippen LogP contribution in [0.5, 0.6) is 11.5 Å². The van der Waals surface area contributed by atoms with Crippen LogP contribution in [0.4, 0.5) is 5.69 Å². The molecule has 28 heavy (non-hydrogen) atoms. The molecular formula is C22H19ClINO3. The summed E-state index contributed by atoms with van der Waals surface area (Å²) < 4.78 is 12.5. The molecule has 144 valence electrons. The molecular weight excluding hydrogens is 489 g/mol. The van der Waals surface area contributed by atoms with Crippen LogP contribution >= 0.6 is 34.2 Å². The maximum Gasteiger partial charge on any atom is 0.255 e. The zero-order chi connectivity index (χ0) is 19.9. The SMILES string of the molecule is CCOc1c(I)cc(C(=O)Nc2ccc(Cl)cc2)cc1OCc1ccccc1. The molecule has 0 heterocycles. The quantitative estimate of drug-likeness (QED) is 0.389. The summed E-state index contributed by atoms with van der Waals surface area (Å²) in [4.78, 5) is 12.7. The molecule has 0 radical (unpaired) electrons. The highest BCUT2D eigenvalue weighted by molar-refractivity contribution is 14.1. The molecule has 0 atom stereocenters. The van der Waals surface area contributed by atoms with E-state index in [1.807, 2.05) is 37.3 Å². The fourth-order valence-electron chi connectivity index (χ4n) is 2.56. The number of rotatable bonds is 7.